The van der Waals surface area contributed by atoms with Crippen molar-refractivity contribution in [3.8, 4) is 5.75 Å². The van der Waals surface area contributed by atoms with E-state index in [4.69, 9.17) is 4.74 Å². The number of amides is 2. The topological polar surface area (TPSA) is 44.8 Å². The fraction of sp³-hybridized carbons (Fsp3) is 0.650. The minimum atomic E-state index is 0.0790. The molecule has 1 saturated carbocycles. The third kappa shape index (κ3) is 5.11. The van der Waals surface area contributed by atoms with Gasteiger partial charge in [0.15, 0.2) is 0 Å². The molecule has 1 aliphatic heterocycles. The Morgan fingerprint density at radius 1 is 1.24 bits per heavy atom. The summed E-state index contributed by atoms with van der Waals surface area (Å²) in [5.74, 6) is 0.883. The highest BCUT2D eigenvalue weighted by Crippen LogP contribution is 2.29. The van der Waals surface area contributed by atoms with Crippen LogP contribution >= 0.6 is 0 Å². The number of hydrogen-bond donors (Lipinski definition) is 1. The fourth-order valence-corrected chi connectivity index (χ4v) is 3.52. The maximum Gasteiger partial charge on any atom is 0.318 e. The van der Waals surface area contributed by atoms with E-state index in [9.17, 15) is 4.79 Å². The number of piperidine rings is 1. The monoisotopic (exact) mass is 345 g/mol. The van der Waals surface area contributed by atoms with E-state index in [1.165, 1.54) is 19.3 Å². The lowest BCUT2D eigenvalue weighted by Crippen LogP contribution is -2.48. The summed E-state index contributed by atoms with van der Waals surface area (Å²) >= 11 is 0. The zero-order valence-corrected chi connectivity index (χ0v) is 15.5. The van der Waals surface area contributed by atoms with Crippen LogP contribution in [0.25, 0.3) is 0 Å². The maximum atomic E-state index is 12.7. The van der Waals surface area contributed by atoms with Crippen molar-refractivity contribution in [2.24, 2.45) is 0 Å². The molecule has 1 aromatic carbocycles. The van der Waals surface area contributed by atoms with Crippen molar-refractivity contribution >= 4 is 6.03 Å². The minimum absolute atomic E-state index is 0.0790. The summed E-state index contributed by atoms with van der Waals surface area (Å²) in [5, 5.41) is 3.18. The first kappa shape index (κ1) is 18.1. The molecule has 2 amide bonds. The first-order chi connectivity index (χ1) is 12.2. The van der Waals surface area contributed by atoms with E-state index in [-0.39, 0.29) is 6.03 Å². The molecule has 0 bridgehead atoms. The molecule has 25 heavy (non-hydrogen) atoms. The first-order valence-electron chi connectivity index (χ1n) is 9.64. The predicted octanol–water partition coefficient (Wildman–Crippen LogP) is 3.24. The Hall–Kier alpha value is -1.75. The summed E-state index contributed by atoms with van der Waals surface area (Å²) in [7, 11) is 2.16. The van der Waals surface area contributed by atoms with Crippen molar-refractivity contribution in [1.29, 1.82) is 0 Å². The van der Waals surface area contributed by atoms with Gasteiger partial charge in [-0.05, 0) is 63.9 Å². The van der Waals surface area contributed by atoms with E-state index in [0.717, 1.165) is 37.2 Å². The second-order valence-corrected chi connectivity index (χ2v) is 7.25. The number of likely N-dealkylation sites (N-methyl/N-ethyl adjacent to an activating group) is 1. The van der Waals surface area contributed by atoms with Crippen molar-refractivity contribution < 1.29 is 9.53 Å². The highest BCUT2D eigenvalue weighted by molar-refractivity contribution is 5.75. The second kappa shape index (κ2) is 8.56. The van der Waals surface area contributed by atoms with E-state index < -0.39 is 0 Å². The zero-order valence-electron chi connectivity index (χ0n) is 15.5. The number of urea groups is 1. The molecule has 1 aromatic rings. The van der Waals surface area contributed by atoms with Crippen LogP contribution in [0.1, 0.15) is 44.6 Å². The fourth-order valence-electron chi connectivity index (χ4n) is 3.52. The molecule has 0 radical (unpaired) electrons. The number of carbonyl (C=O) groups is 1. The number of ether oxygens (including phenoxy) is 1. The van der Waals surface area contributed by atoms with E-state index in [1.54, 1.807) is 0 Å². The molecular formula is C20H31N3O2. The van der Waals surface area contributed by atoms with Crippen LogP contribution in [0.15, 0.2) is 24.3 Å². The Morgan fingerprint density at radius 2 is 2.00 bits per heavy atom. The van der Waals surface area contributed by atoms with Gasteiger partial charge in [0.25, 0.3) is 0 Å². The van der Waals surface area contributed by atoms with Crippen LogP contribution in [0.2, 0.25) is 0 Å². The van der Waals surface area contributed by atoms with Crippen LogP contribution in [0.3, 0.4) is 0 Å². The second-order valence-electron chi connectivity index (χ2n) is 7.25. The zero-order chi connectivity index (χ0) is 17.6. The molecule has 1 N–H and O–H groups in total. The van der Waals surface area contributed by atoms with Crippen molar-refractivity contribution in [1.82, 2.24) is 15.1 Å². The Balaban J connectivity index is 1.54. The van der Waals surface area contributed by atoms with Crippen LogP contribution < -0.4 is 10.1 Å². The van der Waals surface area contributed by atoms with Gasteiger partial charge in [0.2, 0.25) is 0 Å². The standard InChI is InChI=1S/C20H31N3O2/c1-3-25-19-11-7-16(8-12-19)15-23(17-9-10-17)20(24)21-14-18-6-4-5-13-22(18)2/h7-8,11-12,17-18H,3-6,9-10,13-15H2,1-2H3,(H,21,24). The van der Waals surface area contributed by atoms with Crippen LogP contribution in [-0.4, -0.2) is 54.7 Å². The van der Waals surface area contributed by atoms with Crippen LogP contribution in [0, 0.1) is 0 Å². The Kier molecular flexibility index (Phi) is 6.19. The van der Waals surface area contributed by atoms with Gasteiger partial charge in [-0.1, -0.05) is 18.6 Å². The summed E-state index contributed by atoms with van der Waals surface area (Å²) in [5.41, 5.74) is 1.15. The average Bonchev–Trinajstić information content (AvgIpc) is 3.45. The molecule has 1 unspecified atom stereocenters. The molecular weight excluding hydrogens is 314 g/mol. The number of nitrogens with zero attached hydrogens (tertiary/aromatic N) is 2. The number of likely N-dealkylation sites (tertiary alicyclic amines) is 1. The van der Waals surface area contributed by atoms with Crippen LogP contribution in [-0.2, 0) is 6.54 Å². The molecule has 0 aromatic heterocycles. The molecule has 2 aliphatic rings. The van der Waals surface area contributed by atoms with Gasteiger partial charge < -0.3 is 19.9 Å². The summed E-state index contributed by atoms with van der Waals surface area (Å²) in [4.78, 5) is 17.1. The van der Waals surface area contributed by atoms with Crippen molar-refractivity contribution in [2.75, 3.05) is 26.7 Å². The first-order valence-corrected chi connectivity index (χ1v) is 9.64. The van der Waals surface area contributed by atoms with Gasteiger partial charge >= 0.3 is 6.03 Å². The summed E-state index contributed by atoms with van der Waals surface area (Å²) in [6.45, 7) is 5.21. The van der Waals surface area contributed by atoms with E-state index >= 15 is 0 Å². The van der Waals surface area contributed by atoms with Gasteiger partial charge in [0.1, 0.15) is 5.75 Å². The van der Waals surface area contributed by atoms with Gasteiger partial charge in [-0.3, -0.25) is 0 Å². The molecule has 138 valence electrons. The lowest BCUT2D eigenvalue weighted by Gasteiger charge is -2.33. The number of hydrogen-bond acceptors (Lipinski definition) is 3. The van der Waals surface area contributed by atoms with Gasteiger partial charge in [0, 0.05) is 25.2 Å². The third-order valence-electron chi connectivity index (χ3n) is 5.25. The Labute approximate surface area is 151 Å². The SMILES string of the molecule is CCOc1ccc(CN(C(=O)NCC2CCCCN2C)C2CC2)cc1. The largest absolute Gasteiger partial charge is 0.494 e. The smallest absolute Gasteiger partial charge is 0.318 e. The molecule has 1 saturated heterocycles. The van der Waals surface area contributed by atoms with Gasteiger partial charge in [-0.25, -0.2) is 4.79 Å². The predicted molar refractivity (Wildman–Crippen MR) is 99.8 cm³/mol. The summed E-state index contributed by atoms with van der Waals surface area (Å²) in [6, 6.07) is 9.04. The number of carbonyl (C=O) groups excluding carboxylic acids is 1. The number of benzene rings is 1. The Bertz CT molecular complexity index is 557. The molecule has 2 fully saturated rings. The van der Waals surface area contributed by atoms with Crippen LogP contribution in [0.4, 0.5) is 4.79 Å². The minimum Gasteiger partial charge on any atom is -0.494 e. The highest BCUT2D eigenvalue weighted by Gasteiger charge is 2.33. The van der Waals surface area contributed by atoms with E-state index in [2.05, 4.69) is 29.4 Å². The van der Waals surface area contributed by atoms with E-state index in [1.807, 2.05) is 24.0 Å². The maximum absolute atomic E-state index is 12.7. The number of rotatable bonds is 7. The van der Waals surface area contributed by atoms with Gasteiger partial charge in [-0.15, -0.1) is 0 Å². The summed E-state index contributed by atoms with van der Waals surface area (Å²) in [6.07, 6.45) is 5.96. The molecule has 5 heteroatoms. The molecule has 0 spiro atoms. The molecule has 1 heterocycles. The highest BCUT2D eigenvalue weighted by atomic mass is 16.5. The quantitative estimate of drug-likeness (QED) is 0.825. The molecule has 3 rings (SSSR count). The van der Waals surface area contributed by atoms with E-state index in [0.29, 0.717) is 25.2 Å². The third-order valence-corrected chi connectivity index (χ3v) is 5.25. The van der Waals surface area contributed by atoms with Gasteiger partial charge in [0.05, 0.1) is 6.61 Å². The molecule has 5 nitrogen and oxygen atoms in total. The normalized spacial score (nSPS) is 21.0. The molecule has 1 aliphatic carbocycles. The van der Waals surface area contributed by atoms with Crippen molar-refractivity contribution in [3.05, 3.63) is 29.8 Å². The number of nitrogens with one attached hydrogen (secondary N) is 1. The van der Waals surface area contributed by atoms with Crippen LogP contribution in [0.5, 0.6) is 5.75 Å². The van der Waals surface area contributed by atoms with Gasteiger partial charge in [-0.2, -0.15) is 0 Å². The lowest BCUT2D eigenvalue weighted by molar-refractivity contribution is 0.166. The lowest BCUT2D eigenvalue weighted by atomic mass is 10.0. The Morgan fingerprint density at radius 3 is 2.64 bits per heavy atom. The van der Waals surface area contributed by atoms with Crippen molar-refractivity contribution in [3.63, 3.8) is 0 Å². The average molecular weight is 345 g/mol. The molecule has 1 atom stereocenters. The van der Waals surface area contributed by atoms with Crippen molar-refractivity contribution in [2.45, 2.75) is 57.7 Å². The summed E-state index contributed by atoms with van der Waals surface area (Å²) < 4.78 is 5.49.